The normalized spacial score (nSPS) is 21.2. The molecule has 1 aliphatic rings. The van der Waals surface area contributed by atoms with Gasteiger partial charge in [-0.05, 0) is 36.6 Å². The molecule has 1 fully saturated rings. The molecule has 1 amide bonds. The Morgan fingerprint density at radius 2 is 2.09 bits per heavy atom. The Morgan fingerprint density at radius 3 is 2.83 bits per heavy atom. The topological polar surface area (TPSA) is 42.4 Å². The zero-order valence-electron chi connectivity index (χ0n) is 13.6. The number of nitrogens with zero attached hydrogens (tertiary/aromatic N) is 2. The van der Waals surface area contributed by atoms with Gasteiger partial charge in [-0.1, -0.05) is 30.3 Å². The molecule has 1 aliphatic heterocycles. The van der Waals surface area contributed by atoms with E-state index in [0.29, 0.717) is 19.6 Å². The number of ether oxygens (including phenoxy) is 1. The number of aryl methyl sites for hydroxylation is 1. The van der Waals surface area contributed by atoms with Crippen molar-refractivity contribution in [1.82, 2.24) is 9.88 Å². The van der Waals surface area contributed by atoms with Gasteiger partial charge in [-0.2, -0.15) is 0 Å². The molecule has 0 unspecified atom stereocenters. The molecule has 1 saturated heterocycles. The van der Waals surface area contributed by atoms with Crippen LogP contribution in [0.1, 0.15) is 29.7 Å². The summed E-state index contributed by atoms with van der Waals surface area (Å²) >= 11 is 0. The molecule has 0 spiro atoms. The van der Waals surface area contributed by atoms with Crippen LogP contribution in [0.25, 0.3) is 0 Å². The first-order chi connectivity index (χ1) is 11.1. The van der Waals surface area contributed by atoms with Gasteiger partial charge in [0, 0.05) is 18.9 Å². The summed E-state index contributed by atoms with van der Waals surface area (Å²) in [4.78, 5) is 19.0. The molecule has 0 bridgehead atoms. The van der Waals surface area contributed by atoms with Crippen molar-refractivity contribution in [1.29, 1.82) is 0 Å². The quantitative estimate of drug-likeness (QED) is 0.875. The van der Waals surface area contributed by atoms with Gasteiger partial charge in [-0.25, -0.2) is 0 Å². The Labute approximate surface area is 137 Å². The second kappa shape index (κ2) is 6.92. The van der Waals surface area contributed by atoms with Gasteiger partial charge in [0.05, 0.1) is 25.2 Å². The molecule has 1 aromatic heterocycles. The summed E-state index contributed by atoms with van der Waals surface area (Å²) in [6.07, 6.45) is 4.02. The Balaban J connectivity index is 1.82. The van der Waals surface area contributed by atoms with E-state index in [0.717, 1.165) is 16.7 Å². The number of aromatic nitrogens is 1. The maximum absolute atomic E-state index is 12.9. The van der Waals surface area contributed by atoms with E-state index < -0.39 is 0 Å². The number of benzene rings is 1. The molecule has 3 rings (SSSR count). The molecular formula is C19H22N2O2. The zero-order chi connectivity index (χ0) is 16.2. The molecule has 0 radical (unpaired) electrons. The second-order valence-corrected chi connectivity index (χ2v) is 6.10. The number of pyridine rings is 1. The Hall–Kier alpha value is -2.20. The first-order valence-electron chi connectivity index (χ1n) is 8.00. The maximum Gasteiger partial charge on any atom is 0.227 e. The van der Waals surface area contributed by atoms with Crippen LogP contribution in [-0.2, 0) is 16.0 Å². The molecule has 0 N–H and O–H groups in total. The number of hydrogen-bond acceptors (Lipinski definition) is 3. The molecule has 2 heterocycles. The van der Waals surface area contributed by atoms with Crippen LogP contribution in [0.2, 0.25) is 0 Å². The van der Waals surface area contributed by atoms with Crippen LogP contribution in [0.15, 0.2) is 48.8 Å². The lowest BCUT2D eigenvalue weighted by molar-refractivity contribution is -0.144. The van der Waals surface area contributed by atoms with Gasteiger partial charge in [0.15, 0.2) is 0 Å². The summed E-state index contributed by atoms with van der Waals surface area (Å²) < 4.78 is 5.80. The monoisotopic (exact) mass is 310 g/mol. The minimum absolute atomic E-state index is 0.0120. The van der Waals surface area contributed by atoms with Crippen LogP contribution in [0, 0.1) is 6.92 Å². The Kier molecular flexibility index (Phi) is 4.72. The van der Waals surface area contributed by atoms with Crippen molar-refractivity contribution in [3.8, 4) is 0 Å². The van der Waals surface area contributed by atoms with E-state index in [1.54, 1.807) is 12.4 Å². The predicted octanol–water partition coefficient (Wildman–Crippen LogP) is 2.92. The zero-order valence-corrected chi connectivity index (χ0v) is 13.6. The van der Waals surface area contributed by atoms with Gasteiger partial charge in [0.25, 0.3) is 0 Å². The number of rotatable bonds is 3. The predicted molar refractivity (Wildman–Crippen MR) is 89.0 cm³/mol. The van der Waals surface area contributed by atoms with Crippen molar-refractivity contribution in [3.05, 3.63) is 65.5 Å². The van der Waals surface area contributed by atoms with Crippen LogP contribution in [0.3, 0.4) is 0 Å². The number of morpholine rings is 1. The average Bonchev–Trinajstić information content (AvgIpc) is 2.57. The lowest BCUT2D eigenvalue weighted by atomic mass is 10.0. The molecule has 1 aromatic carbocycles. The first-order valence-corrected chi connectivity index (χ1v) is 8.00. The number of amides is 1. The van der Waals surface area contributed by atoms with Crippen LogP contribution in [-0.4, -0.2) is 35.0 Å². The summed E-state index contributed by atoms with van der Waals surface area (Å²) in [7, 11) is 0. The Morgan fingerprint density at radius 1 is 1.30 bits per heavy atom. The molecule has 2 atom stereocenters. The standard InChI is InChI=1S/C19H22N2O2/c1-14-11-20-9-8-17(14)10-19(22)21-12-15(2)23-13-18(21)16-6-4-3-5-7-16/h3-9,11,15,18H,10,12-13H2,1-2H3/t15-,18+/m0/s1. The van der Waals surface area contributed by atoms with Gasteiger partial charge >= 0.3 is 0 Å². The third kappa shape index (κ3) is 3.59. The van der Waals surface area contributed by atoms with Crippen LogP contribution in [0.4, 0.5) is 0 Å². The van der Waals surface area contributed by atoms with Crippen molar-refractivity contribution in [2.75, 3.05) is 13.2 Å². The third-order valence-electron chi connectivity index (χ3n) is 4.35. The fraction of sp³-hybridized carbons (Fsp3) is 0.368. The van der Waals surface area contributed by atoms with E-state index in [4.69, 9.17) is 4.74 Å². The van der Waals surface area contributed by atoms with E-state index in [2.05, 4.69) is 17.1 Å². The largest absolute Gasteiger partial charge is 0.374 e. The minimum Gasteiger partial charge on any atom is -0.374 e. The van der Waals surface area contributed by atoms with Crippen molar-refractivity contribution in [2.24, 2.45) is 0 Å². The van der Waals surface area contributed by atoms with Crippen molar-refractivity contribution in [2.45, 2.75) is 32.4 Å². The Bertz CT molecular complexity index is 672. The minimum atomic E-state index is -0.0120. The summed E-state index contributed by atoms with van der Waals surface area (Å²) in [6.45, 7) is 5.18. The molecule has 120 valence electrons. The fourth-order valence-electron chi connectivity index (χ4n) is 2.99. The van der Waals surface area contributed by atoms with E-state index in [-0.39, 0.29) is 18.1 Å². The van der Waals surface area contributed by atoms with E-state index in [9.17, 15) is 4.79 Å². The smallest absolute Gasteiger partial charge is 0.227 e. The number of hydrogen-bond donors (Lipinski definition) is 0. The van der Waals surface area contributed by atoms with Crippen LogP contribution >= 0.6 is 0 Å². The molecule has 0 aliphatic carbocycles. The van der Waals surface area contributed by atoms with E-state index in [1.807, 2.05) is 43.0 Å². The van der Waals surface area contributed by atoms with Crippen molar-refractivity contribution in [3.63, 3.8) is 0 Å². The van der Waals surface area contributed by atoms with E-state index in [1.165, 1.54) is 0 Å². The highest BCUT2D eigenvalue weighted by Crippen LogP contribution is 2.27. The third-order valence-corrected chi connectivity index (χ3v) is 4.35. The molecule has 4 heteroatoms. The van der Waals surface area contributed by atoms with E-state index >= 15 is 0 Å². The summed E-state index contributed by atoms with van der Waals surface area (Å²) in [5.41, 5.74) is 3.22. The van der Waals surface area contributed by atoms with Gasteiger partial charge in [0.1, 0.15) is 0 Å². The first kappa shape index (κ1) is 15.7. The van der Waals surface area contributed by atoms with Gasteiger partial charge in [-0.15, -0.1) is 0 Å². The van der Waals surface area contributed by atoms with Gasteiger partial charge in [-0.3, -0.25) is 9.78 Å². The highest BCUT2D eigenvalue weighted by Gasteiger charge is 2.31. The SMILES string of the molecule is Cc1cnccc1CC(=O)N1C[C@H](C)OC[C@@H]1c1ccccc1. The second-order valence-electron chi connectivity index (χ2n) is 6.10. The molecular weight excluding hydrogens is 288 g/mol. The van der Waals surface area contributed by atoms with Crippen LogP contribution in [0.5, 0.6) is 0 Å². The maximum atomic E-state index is 12.9. The molecule has 4 nitrogen and oxygen atoms in total. The van der Waals surface area contributed by atoms with Gasteiger partial charge < -0.3 is 9.64 Å². The highest BCUT2D eigenvalue weighted by atomic mass is 16.5. The summed E-state index contributed by atoms with van der Waals surface area (Å²) in [5.74, 6) is 0.142. The van der Waals surface area contributed by atoms with Crippen LogP contribution < -0.4 is 0 Å². The number of carbonyl (C=O) groups excluding carboxylic acids is 1. The van der Waals surface area contributed by atoms with Crippen molar-refractivity contribution >= 4 is 5.91 Å². The van der Waals surface area contributed by atoms with Gasteiger partial charge in [0.2, 0.25) is 5.91 Å². The highest BCUT2D eigenvalue weighted by molar-refractivity contribution is 5.79. The summed E-state index contributed by atoms with van der Waals surface area (Å²) in [6, 6.07) is 12.0. The van der Waals surface area contributed by atoms with Crippen molar-refractivity contribution < 1.29 is 9.53 Å². The lowest BCUT2D eigenvalue weighted by Crippen LogP contribution is -2.47. The molecule has 2 aromatic rings. The molecule has 23 heavy (non-hydrogen) atoms. The fourth-order valence-corrected chi connectivity index (χ4v) is 2.99. The number of carbonyl (C=O) groups is 1. The summed E-state index contributed by atoms with van der Waals surface area (Å²) in [5, 5.41) is 0. The lowest BCUT2D eigenvalue weighted by Gasteiger charge is -2.39. The molecule has 0 saturated carbocycles. The average molecular weight is 310 g/mol.